The monoisotopic (exact) mass is 275 g/mol. The molecule has 1 fully saturated rings. The summed E-state index contributed by atoms with van der Waals surface area (Å²) in [5, 5.41) is 7.34. The summed E-state index contributed by atoms with van der Waals surface area (Å²) in [6.45, 7) is 4.27. The molecule has 0 radical (unpaired) electrons. The fourth-order valence-electron chi connectivity index (χ4n) is 2.04. The molecule has 0 bridgehead atoms. The molecule has 1 unspecified atom stereocenters. The van der Waals surface area contributed by atoms with Gasteiger partial charge in [0.2, 0.25) is 5.89 Å². The van der Waals surface area contributed by atoms with Gasteiger partial charge in [-0.15, -0.1) is 11.8 Å². The molecule has 100 valence electrons. The number of aromatic nitrogens is 2. The van der Waals surface area contributed by atoms with E-state index in [-0.39, 0.29) is 0 Å². The summed E-state index contributed by atoms with van der Waals surface area (Å²) in [4.78, 5) is 5.73. The van der Waals surface area contributed by atoms with Gasteiger partial charge in [-0.2, -0.15) is 4.98 Å². The third kappa shape index (κ3) is 2.98. The van der Waals surface area contributed by atoms with E-state index in [1.807, 2.05) is 18.2 Å². The largest absolute Gasteiger partial charge is 0.339 e. The molecule has 1 aliphatic heterocycles. The topological polar surface area (TPSA) is 51.0 Å². The van der Waals surface area contributed by atoms with Crippen LogP contribution >= 0.6 is 11.8 Å². The summed E-state index contributed by atoms with van der Waals surface area (Å²) in [7, 11) is 0. The predicted molar refractivity (Wildman–Crippen MR) is 75.1 cm³/mol. The smallest absolute Gasteiger partial charge is 0.229 e. The van der Waals surface area contributed by atoms with Crippen LogP contribution in [0.5, 0.6) is 0 Å². The van der Waals surface area contributed by atoms with E-state index in [1.54, 1.807) is 11.8 Å². The van der Waals surface area contributed by atoms with Crippen LogP contribution in [0.2, 0.25) is 0 Å². The molecule has 2 heterocycles. The minimum atomic E-state index is 0.351. The zero-order valence-corrected chi connectivity index (χ0v) is 11.7. The van der Waals surface area contributed by atoms with Crippen molar-refractivity contribution in [1.82, 2.24) is 15.5 Å². The van der Waals surface area contributed by atoms with E-state index >= 15 is 0 Å². The van der Waals surface area contributed by atoms with Gasteiger partial charge in [0.25, 0.3) is 0 Å². The van der Waals surface area contributed by atoms with Gasteiger partial charge in [0, 0.05) is 10.8 Å². The molecule has 0 amide bonds. The molecule has 0 saturated carbocycles. The van der Waals surface area contributed by atoms with E-state index in [9.17, 15) is 0 Å². The van der Waals surface area contributed by atoms with Gasteiger partial charge in [0.15, 0.2) is 5.82 Å². The average Bonchev–Trinajstić information content (AvgIpc) is 2.84. The van der Waals surface area contributed by atoms with Crippen molar-refractivity contribution in [2.75, 3.05) is 13.1 Å². The minimum Gasteiger partial charge on any atom is -0.339 e. The lowest BCUT2D eigenvalue weighted by molar-refractivity contribution is 0.252. The maximum Gasteiger partial charge on any atom is 0.229 e. The zero-order chi connectivity index (χ0) is 13.1. The molecular weight excluding hydrogens is 258 g/mol. The molecule has 1 aliphatic rings. The Balaban J connectivity index is 1.58. The highest BCUT2D eigenvalue weighted by Crippen LogP contribution is 2.27. The summed E-state index contributed by atoms with van der Waals surface area (Å²) >= 11 is 1.73. The van der Waals surface area contributed by atoms with Gasteiger partial charge < -0.3 is 9.84 Å². The lowest BCUT2D eigenvalue weighted by Gasteiger charge is -2.30. The van der Waals surface area contributed by atoms with Crippen LogP contribution in [0.15, 0.2) is 39.8 Å². The average molecular weight is 275 g/mol. The highest BCUT2D eigenvalue weighted by atomic mass is 32.2. The van der Waals surface area contributed by atoms with Crippen LogP contribution in [0.25, 0.3) is 0 Å². The van der Waals surface area contributed by atoms with Gasteiger partial charge in [0.05, 0.1) is 5.75 Å². The predicted octanol–water partition coefficient (Wildman–Crippen LogP) is 2.68. The first-order valence-corrected chi connectivity index (χ1v) is 7.52. The molecule has 0 aliphatic carbocycles. The van der Waals surface area contributed by atoms with Crippen LogP contribution < -0.4 is 5.32 Å². The van der Waals surface area contributed by atoms with Crippen LogP contribution in [-0.2, 0) is 5.75 Å². The fourth-order valence-corrected chi connectivity index (χ4v) is 2.80. The lowest BCUT2D eigenvalue weighted by Crippen LogP contribution is -2.44. The van der Waals surface area contributed by atoms with Crippen LogP contribution in [0, 0.1) is 5.92 Å². The van der Waals surface area contributed by atoms with Gasteiger partial charge in [-0.05, 0) is 31.1 Å². The van der Waals surface area contributed by atoms with Crippen LogP contribution in [-0.4, -0.2) is 23.2 Å². The molecule has 1 aromatic heterocycles. The highest BCUT2D eigenvalue weighted by Gasteiger charge is 2.28. The van der Waals surface area contributed by atoms with E-state index in [1.165, 1.54) is 4.90 Å². The van der Waals surface area contributed by atoms with Crippen molar-refractivity contribution in [3.8, 4) is 0 Å². The van der Waals surface area contributed by atoms with Gasteiger partial charge >= 0.3 is 0 Å². The number of hydrogen-bond donors (Lipinski definition) is 1. The first-order valence-electron chi connectivity index (χ1n) is 6.54. The number of thioether (sulfide) groups is 1. The molecular formula is C14H17N3OS. The second-order valence-corrected chi connectivity index (χ2v) is 5.91. The van der Waals surface area contributed by atoms with Crippen LogP contribution in [0.4, 0.5) is 0 Å². The number of hydrogen-bond acceptors (Lipinski definition) is 5. The molecule has 19 heavy (non-hydrogen) atoms. The van der Waals surface area contributed by atoms with Gasteiger partial charge in [-0.25, -0.2) is 0 Å². The molecule has 4 nitrogen and oxygen atoms in total. The second-order valence-electron chi connectivity index (χ2n) is 4.86. The number of nitrogens with one attached hydrogen (secondary N) is 1. The second kappa shape index (κ2) is 5.75. The number of rotatable bonds is 5. The van der Waals surface area contributed by atoms with Crippen molar-refractivity contribution >= 4 is 11.8 Å². The van der Waals surface area contributed by atoms with Crippen LogP contribution in [0.1, 0.15) is 24.6 Å². The Kier molecular flexibility index (Phi) is 3.84. The Labute approximate surface area is 117 Å². The summed E-state index contributed by atoms with van der Waals surface area (Å²) in [6, 6.07) is 10.3. The Morgan fingerprint density at radius 1 is 1.37 bits per heavy atom. The minimum absolute atomic E-state index is 0.351. The number of nitrogens with zero attached hydrogens (tertiary/aromatic N) is 2. The first kappa shape index (κ1) is 12.7. The SMILES string of the molecule is CC(c1nc(CSc2ccccc2)no1)C1CNC1. The molecule has 1 aromatic carbocycles. The van der Waals surface area contributed by atoms with Crippen molar-refractivity contribution in [1.29, 1.82) is 0 Å². The molecule has 1 atom stereocenters. The van der Waals surface area contributed by atoms with E-state index < -0.39 is 0 Å². The van der Waals surface area contributed by atoms with Crippen molar-refractivity contribution in [2.24, 2.45) is 5.92 Å². The third-order valence-electron chi connectivity index (χ3n) is 3.50. The molecule has 1 saturated heterocycles. The standard InChI is InChI=1S/C14H17N3OS/c1-10(11-7-15-8-11)14-16-13(17-18-14)9-19-12-5-3-2-4-6-12/h2-6,10-11,15H,7-9H2,1H3. The van der Waals surface area contributed by atoms with Crippen molar-refractivity contribution < 1.29 is 4.52 Å². The van der Waals surface area contributed by atoms with Crippen molar-refractivity contribution in [3.05, 3.63) is 42.0 Å². The molecule has 0 spiro atoms. The van der Waals surface area contributed by atoms with E-state index in [0.29, 0.717) is 11.8 Å². The maximum absolute atomic E-state index is 5.37. The first-order chi connectivity index (χ1) is 9.33. The molecule has 1 N–H and O–H groups in total. The fraction of sp³-hybridized carbons (Fsp3) is 0.429. The van der Waals surface area contributed by atoms with E-state index in [2.05, 4.69) is 34.5 Å². The van der Waals surface area contributed by atoms with E-state index in [0.717, 1.165) is 30.6 Å². The maximum atomic E-state index is 5.37. The summed E-state index contributed by atoms with van der Waals surface area (Å²) in [5.74, 6) is 3.29. The Bertz CT molecular complexity index is 524. The van der Waals surface area contributed by atoms with Crippen molar-refractivity contribution in [3.63, 3.8) is 0 Å². The summed E-state index contributed by atoms with van der Waals surface area (Å²) < 4.78 is 5.37. The summed E-state index contributed by atoms with van der Waals surface area (Å²) in [5.41, 5.74) is 0. The van der Waals surface area contributed by atoms with Crippen molar-refractivity contribution in [2.45, 2.75) is 23.5 Å². The Hall–Kier alpha value is -1.33. The van der Waals surface area contributed by atoms with Gasteiger partial charge in [0.1, 0.15) is 0 Å². The van der Waals surface area contributed by atoms with Gasteiger partial charge in [-0.1, -0.05) is 30.3 Å². The zero-order valence-electron chi connectivity index (χ0n) is 10.9. The Morgan fingerprint density at radius 2 is 2.16 bits per heavy atom. The third-order valence-corrected chi connectivity index (χ3v) is 4.51. The molecule has 3 rings (SSSR count). The van der Waals surface area contributed by atoms with E-state index in [4.69, 9.17) is 4.52 Å². The molecule has 2 aromatic rings. The quantitative estimate of drug-likeness (QED) is 0.850. The lowest BCUT2D eigenvalue weighted by atomic mass is 9.89. The number of benzene rings is 1. The Morgan fingerprint density at radius 3 is 2.84 bits per heavy atom. The van der Waals surface area contributed by atoms with Crippen LogP contribution in [0.3, 0.4) is 0 Å². The highest BCUT2D eigenvalue weighted by molar-refractivity contribution is 7.98. The summed E-state index contributed by atoms with van der Waals surface area (Å²) in [6.07, 6.45) is 0. The molecule has 5 heteroatoms. The van der Waals surface area contributed by atoms with Gasteiger partial charge in [-0.3, -0.25) is 0 Å². The normalized spacial score (nSPS) is 17.1.